The van der Waals surface area contributed by atoms with Crippen molar-refractivity contribution in [3.8, 4) is 0 Å². The number of allylic oxidation sites excluding steroid dienone is 3. The summed E-state index contributed by atoms with van der Waals surface area (Å²) in [4.78, 5) is 10.6. The molecule has 0 saturated heterocycles. The van der Waals surface area contributed by atoms with E-state index in [-0.39, 0.29) is 5.71 Å². The lowest BCUT2D eigenvalue weighted by Gasteiger charge is -1.98. The van der Waals surface area contributed by atoms with Gasteiger partial charge in [0.05, 0.1) is 5.71 Å². The Morgan fingerprint density at radius 3 is 2.31 bits per heavy atom. The number of nitrogens with two attached hydrogens (primary N) is 1. The highest BCUT2D eigenvalue weighted by Crippen LogP contribution is 1.98. The molecule has 1 amide bonds. The highest BCUT2D eigenvalue weighted by atomic mass is 16.1. The van der Waals surface area contributed by atoms with Crippen molar-refractivity contribution < 1.29 is 4.79 Å². The second-order valence-electron chi connectivity index (χ2n) is 2.49. The van der Waals surface area contributed by atoms with Crippen LogP contribution in [0, 0.1) is 10.8 Å². The Hall–Kier alpha value is -1.71. The van der Waals surface area contributed by atoms with Crippen LogP contribution in [0.3, 0.4) is 0 Å². The molecule has 0 aliphatic heterocycles. The molecule has 4 heteroatoms. The Labute approximate surface area is 77.2 Å². The summed E-state index contributed by atoms with van der Waals surface area (Å²) in [6, 6.07) is 0. The maximum absolute atomic E-state index is 10.6. The molecular formula is C9H13N3O. The fraction of sp³-hybridized carbons (Fsp3) is 0.222. The van der Waals surface area contributed by atoms with Gasteiger partial charge in [0.1, 0.15) is 0 Å². The lowest BCUT2D eigenvalue weighted by Crippen LogP contribution is -2.13. The van der Waals surface area contributed by atoms with E-state index in [1.165, 1.54) is 13.0 Å². The molecule has 0 fully saturated rings. The van der Waals surface area contributed by atoms with Gasteiger partial charge in [-0.25, -0.2) is 0 Å². The molecule has 0 unspecified atom stereocenters. The predicted molar refractivity (Wildman–Crippen MR) is 53.2 cm³/mol. The molecule has 0 saturated carbocycles. The first-order chi connectivity index (χ1) is 6.02. The summed E-state index contributed by atoms with van der Waals surface area (Å²) in [6.45, 7) is 3.26. The van der Waals surface area contributed by atoms with E-state index in [1.807, 2.05) is 0 Å². The Morgan fingerprint density at radius 1 is 1.46 bits per heavy atom. The highest BCUT2D eigenvalue weighted by molar-refractivity contribution is 6.20. The van der Waals surface area contributed by atoms with Gasteiger partial charge in [0.2, 0.25) is 5.91 Å². The minimum Gasteiger partial charge on any atom is -0.366 e. The van der Waals surface area contributed by atoms with Gasteiger partial charge in [0, 0.05) is 17.4 Å². The van der Waals surface area contributed by atoms with E-state index in [2.05, 4.69) is 0 Å². The van der Waals surface area contributed by atoms with E-state index in [4.69, 9.17) is 16.6 Å². The van der Waals surface area contributed by atoms with Crippen molar-refractivity contribution in [2.45, 2.75) is 13.8 Å². The molecule has 0 radical (unpaired) electrons. The first-order valence-corrected chi connectivity index (χ1v) is 3.76. The van der Waals surface area contributed by atoms with E-state index in [9.17, 15) is 4.79 Å². The van der Waals surface area contributed by atoms with Crippen LogP contribution in [0.1, 0.15) is 13.8 Å². The van der Waals surface area contributed by atoms with Crippen LogP contribution in [0.2, 0.25) is 0 Å². The Balaban J connectivity index is 4.74. The van der Waals surface area contributed by atoms with Crippen LogP contribution in [-0.2, 0) is 4.79 Å². The van der Waals surface area contributed by atoms with Crippen molar-refractivity contribution in [3.63, 3.8) is 0 Å². The Morgan fingerprint density at radius 2 is 2.00 bits per heavy atom. The lowest BCUT2D eigenvalue weighted by atomic mass is 10.1. The van der Waals surface area contributed by atoms with Gasteiger partial charge in [-0.3, -0.25) is 4.79 Å². The normalized spacial score (nSPS) is 12.5. The third kappa shape index (κ3) is 3.46. The first kappa shape index (κ1) is 11.3. The monoisotopic (exact) mass is 179 g/mol. The quantitative estimate of drug-likeness (QED) is 0.436. The van der Waals surface area contributed by atoms with Crippen LogP contribution in [-0.4, -0.2) is 17.8 Å². The topological polar surface area (TPSA) is 90.8 Å². The van der Waals surface area contributed by atoms with Crippen LogP contribution >= 0.6 is 0 Å². The zero-order valence-corrected chi connectivity index (χ0v) is 7.72. The average molecular weight is 179 g/mol. The number of nitrogens with one attached hydrogen (secondary N) is 2. The van der Waals surface area contributed by atoms with Gasteiger partial charge in [-0.15, -0.1) is 0 Å². The van der Waals surface area contributed by atoms with E-state index >= 15 is 0 Å². The molecule has 13 heavy (non-hydrogen) atoms. The standard InChI is InChI=1S/C9H13N3O/c1-3-7(5-10)8(11)4-6(2)9(12)13/h3-5,10-11H,1-2H3,(H2,12,13)/b6-4-,7-3+,10-5?,11-8?. The summed E-state index contributed by atoms with van der Waals surface area (Å²) in [7, 11) is 0. The third-order valence-electron chi connectivity index (χ3n) is 1.53. The zero-order valence-electron chi connectivity index (χ0n) is 7.72. The minimum atomic E-state index is -0.551. The second-order valence-corrected chi connectivity index (χ2v) is 2.49. The number of hydrogen-bond donors (Lipinski definition) is 3. The third-order valence-corrected chi connectivity index (χ3v) is 1.53. The molecule has 4 N–H and O–H groups in total. The minimum absolute atomic E-state index is 0.119. The van der Waals surface area contributed by atoms with Crippen molar-refractivity contribution in [2.24, 2.45) is 5.73 Å². The van der Waals surface area contributed by atoms with E-state index in [0.717, 1.165) is 6.21 Å². The fourth-order valence-corrected chi connectivity index (χ4v) is 0.688. The van der Waals surface area contributed by atoms with Crippen molar-refractivity contribution >= 4 is 17.8 Å². The van der Waals surface area contributed by atoms with Crippen molar-refractivity contribution in [3.05, 3.63) is 23.3 Å². The van der Waals surface area contributed by atoms with Gasteiger partial charge in [0.25, 0.3) is 0 Å². The highest BCUT2D eigenvalue weighted by Gasteiger charge is 2.01. The molecule has 0 aliphatic rings. The van der Waals surface area contributed by atoms with Crippen LogP contribution < -0.4 is 5.73 Å². The van der Waals surface area contributed by atoms with Crippen LogP contribution in [0.4, 0.5) is 0 Å². The van der Waals surface area contributed by atoms with Gasteiger partial charge in [-0.1, -0.05) is 6.08 Å². The van der Waals surface area contributed by atoms with Crippen molar-refractivity contribution in [1.29, 1.82) is 10.8 Å². The van der Waals surface area contributed by atoms with Crippen molar-refractivity contribution in [2.75, 3.05) is 0 Å². The summed E-state index contributed by atoms with van der Waals surface area (Å²) in [5, 5.41) is 14.4. The van der Waals surface area contributed by atoms with Crippen LogP contribution in [0.25, 0.3) is 0 Å². The smallest absolute Gasteiger partial charge is 0.244 e. The Bertz CT molecular complexity index is 300. The molecule has 0 spiro atoms. The molecule has 0 aliphatic carbocycles. The molecule has 0 atom stereocenters. The summed E-state index contributed by atoms with van der Waals surface area (Å²) in [5.41, 5.74) is 5.88. The Kier molecular flexibility index (Phi) is 4.37. The van der Waals surface area contributed by atoms with Gasteiger partial charge in [-0.05, 0) is 19.9 Å². The number of primary amides is 1. The molecule has 0 aromatic heterocycles. The van der Waals surface area contributed by atoms with Gasteiger partial charge in [-0.2, -0.15) is 0 Å². The van der Waals surface area contributed by atoms with E-state index in [0.29, 0.717) is 11.1 Å². The molecule has 0 rings (SSSR count). The summed E-state index contributed by atoms with van der Waals surface area (Å²) in [5.74, 6) is -0.551. The number of carbonyl (C=O) groups is 1. The zero-order chi connectivity index (χ0) is 10.4. The van der Waals surface area contributed by atoms with E-state index in [1.54, 1.807) is 13.0 Å². The first-order valence-electron chi connectivity index (χ1n) is 3.76. The maximum atomic E-state index is 10.6. The summed E-state index contributed by atoms with van der Waals surface area (Å²) >= 11 is 0. The molecule has 0 bridgehead atoms. The molecule has 4 nitrogen and oxygen atoms in total. The number of carbonyl (C=O) groups excluding carboxylic acids is 1. The largest absolute Gasteiger partial charge is 0.366 e. The average Bonchev–Trinajstić information content (AvgIpc) is 2.06. The SMILES string of the molecule is C/C=C(\C=N)C(=N)/C=C(/C)C(N)=O. The predicted octanol–water partition coefficient (Wildman–Crippen LogP) is 1.03. The van der Waals surface area contributed by atoms with E-state index < -0.39 is 5.91 Å². The molecule has 0 aromatic carbocycles. The van der Waals surface area contributed by atoms with Gasteiger partial charge < -0.3 is 16.6 Å². The van der Waals surface area contributed by atoms with Crippen molar-refractivity contribution in [1.82, 2.24) is 0 Å². The fourth-order valence-electron chi connectivity index (χ4n) is 0.688. The number of amides is 1. The van der Waals surface area contributed by atoms with Crippen LogP contribution in [0.5, 0.6) is 0 Å². The molecule has 70 valence electrons. The lowest BCUT2D eigenvalue weighted by molar-refractivity contribution is -0.114. The maximum Gasteiger partial charge on any atom is 0.244 e. The molecule has 0 heterocycles. The van der Waals surface area contributed by atoms with Gasteiger partial charge >= 0.3 is 0 Å². The molecular weight excluding hydrogens is 166 g/mol. The number of hydrogen-bond acceptors (Lipinski definition) is 3. The van der Waals surface area contributed by atoms with Crippen LogP contribution in [0.15, 0.2) is 23.3 Å². The molecule has 0 aromatic rings. The summed E-state index contributed by atoms with van der Waals surface area (Å²) < 4.78 is 0. The summed E-state index contributed by atoms with van der Waals surface area (Å²) in [6.07, 6.45) is 4.04. The van der Waals surface area contributed by atoms with Gasteiger partial charge in [0.15, 0.2) is 0 Å². The second kappa shape index (κ2) is 5.03. The number of rotatable bonds is 4.